The fourth-order valence-electron chi connectivity index (χ4n) is 2.90. The summed E-state index contributed by atoms with van der Waals surface area (Å²) in [6, 6.07) is -0.205. The van der Waals surface area contributed by atoms with E-state index in [4.69, 9.17) is 0 Å². The molecule has 2 aliphatic rings. The van der Waals surface area contributed by atoms with Gasteiger partial charge in [0.25, 0.3) is 0 Å². The van der Waals surface area contributed by atoms with Crippen LogP contribution in [0.25, 0.3) is 0 Å². The van der Waals surface area contributed by atoms with E-state index >= 15 is 0 Å². The maximum atomic E-state index is 10.5. The Bertz CT molecular complexity index is 193. The number of fused-ring (bicyclic) bond motifs is 2. The number of hydrogen-bond donors (Lipinski definition) is 0. The van der Waals surface area contributed by atoms with Crippen LogP contribution in [-0.2, 0) is 0 Å². The first-order valence-corrected chi connectivity index (χ1v) is 4.32. The molecule has 62 valence electrons. The Morgan fingerprint density at radius 2 is 2.09 bits per heavy atom. The van der Waals surface area contributed by atoms with Crippen molar-refractivity contribution >= 4 is 0 Å². The molecule has 3 nitrogen and oxygen atoms in total. The molecule has 3 heteroatoms. The van der Waals surface area contributed by atoms with Gasteiger partial charge in [0.15, 0.2) is 0 Å². The zero-order chi connectivity index (χ0) is 8.01. The van der Waals surface area contributed by atoms with Crippen LogP contribution in [0.1, 0.15) is 26.2 Å². The normalized spacial score (nSPS) is 48.1. The van der Waals surface area contributed by atoms with Gasteiger partial charge in [0.05, 0.1) is 0 Å². The second kappa shape index (κ2) is 2.19. The average Bonchev–Trinajstić information content (AvgIpc) is 2.43. The highest BCUT2D eigenvalue weighted by Crippen LogP contribution is 2.49. The van der Waals surface area contributed by atoms with Gasteiger partial charge < -0.3 is 0 Å². The number of nitro groups is 1. The van der Waals surface area contributed by atoms with Gasteiger partial charge in [-0.05, 0) is 24.7 Å². The minimum Gasteiger partial charge on any atom is -0.264 e. The Balaban J connectivity index is 2.12. The first-order valence-electron chi connectivity index (χ1n) is 4.32. The summed E-state index contributed by atoms with van der Waals surface area (Å²) in [6.07, 6.45) is 3.20. The van der Waals surface area contributed by atoms with Crippen LogP contribution in [0.5, 0.6) is 0 Å². The Morgan fingerprint density at radius 3 is 2.45 bits per heavy atom. The van der Waals surface area contributed by atoms with Crippen molar-refractivity contribution in [3.05, 3.63) is 10.1 Å². The average molecular weight is 155 g/mol. The molecule has 0 heterocycles. The summed E-state index contributed by atoms with van der Waals surface area (Å²) in [5.41, 5.74) is 0. The smallest absolute Gasteiger partial charge is 0.216 e. The standard InChI is InChI=1S/C8H13NO2/c1-5-2-6-3-7(5)8(4-6)9(10)11/h5-8H,2-4H2,1H3. The van der Waals surface area contributed by atoms with Crippen molar-refractivity contribution in [1.82, 2.24) is 0 Å². The lowest BCUT2D eigenvalue weighted by atomic mass is 9.87. The van der Waals surface area contributed by atoms with E-state index in [0.717, 1.165) is 12.8 Å². The lowest BCUT2D eigenvalue weighted by molar-refractivity contribution is -0.532. The molecular formula is C8H13NO2. The van der Waals surface area contributed by atoms with Gasteiger partial charge in [-0.25, -0.2) is 0 Å². The second-order valence-electron chi connectivity index (χ2n) is 4.07. The van der Waals surface area contributed by atoms with Gasteiger partial charge in [-0.3, -0.25) is 10.1 Å². The van der Waals surface area contributed by atoms with Crippen LogP contribution in [0.3, 0.4) is 0 Å². The molecule has 0 aromatic rings. The van der Waals surface area contributed by atoms with Crippen LogP contribution in [0.4, 0.5) is 0 Å². The molecule has 4 unspecified atom stereocenters. The first kappa shape index (κ1) is 7.07. The Kier molecular flexibility index (Phi) is 1.41. The zero-order valence-corrected chi connectivity index (χ0v) is 6.69. The number of rotatable bonds is 1. The number of hydrogen-bond acceptors (Lipinski definition) is 2. The highest BCUT2D eigenvalue weighted by atomic mass is 16.6. The summed E-state index contributed by atoms with van der Waals surface area (Å²) in [4.78, 5) is 10.5. The predicted molar refractivity (Wildman–Crippen MR) is 40.8 cm³/mol. The molecule has 0 radical (unpaired) electrons. The van der Waals surface area contributed by atoms with Crippen LogP contribution < -0.4 is 0 Å². The van der Waals surface area contributed by atoms with Gasteiger partial charge in [0.2, 0.25) is 6.04 Å². The highest BCUT2D eigenvalue weighted by Gasteiger charge is 2.50. The Morgan fingerprint density at radius 1 is 1.36 bits per heavy atom. The lowest BCUT2D eigenvalue weighted by Gasteiger charge is -2.20. The quantitative estimate of drug-likeness (QED) is 0.427. The molecule has 0 aliphatic heterocycles. The predicted octanol–water partition coefficient (Wildman–Crippen LogP) is 1.70. The van der Waals surface area contributed by atoms with Crippen LogP contribution in [0.2, 0.25) is 0 Å². The summed E-state index contributed by atoms with van der Waals surface area (Å²) < 4.78 is 0. The van der Waals surface area contributed by atoms with Gasteiger partial charge in [0, 0.05) is 17.3 Å². The topological polar surface area (TPSA) is 43.1 Å². The zero-order valence-electron chi connectivity index (χ0n) is 6.69. The molecule has 2 bridgehead atoms. The molecule has 0 saturated heterocycles. The lowest BCUT2D eigenvalue weighted by Crippen LogP contribution is -2.30. The van der Waals surface area contributed by atoms with E-state index in [-0.39, 0.29) is 11.0 Å². The van der Waals surface area contributed by atoms with Gasteiger partial charge in [-0.2, -0.15) is 0 Å². The van der Waals surface area contributed by atoms with Crippen LogP contribution in [0, 0.1) is 27.9 Å². The van der Waals surface area contributed by atoms with E-state index < -0.39 is 0 Å². The molecule has 2 saturated carbocycles. The van der Waals surface area contributed by atoms with Gasteiger partial charge in [-0.1, -0.05) is 6.92 Å². The van der Waals surface area contributed by atoms with E-state index in [1.165, 1.54) is 6.42 Å². The van der Waals surface area contributed by atoms with Crippen molar-refractivity contribution in [2.75, 3.05) is 0 Å². The summed E-state index contributed by atoms with van der Waals surface area (Å²) in [5.74, 6) is 1.67. The van der Waals surface area contributed by atoms with E-state index in [1.54, 1.807) is 0 Å². The molecule has 0 spiro atoms. The fourth-order valence-corrected chi connectivity index (χ4v) is 2.90. The highest BCUT2D eigenvalue weighted by molar-refractivity contribution is 4.93. The van der Waals surface area contributed by atoms with Crippen LogP contribution >= 0.6 is 0 Å². The molecule has 2 rings (SSSR count). The Hall–Kier alpha value is -0.600. The first-order chi connectivity index (χ1) is 5.18. The second-order valence-corrected chi connectivity index (χ2v) is 4.07. The van der Waals surface area contributed by atoms with Crippen molar-refractivity contribution in [2.45, 2.75) is 32.2 Å². The monoisotopic (exact) mass is 155 g/mol. The Labute approximate surface area is 65.9 Å². The van der Waals surface area contributed by atoms with E-state index in [9.17, 15) is 10.1 Å². The molecule has 2 fully saturated rings. The van der Waals surface area contributed by atoms with Crippen LogP contribution in [-0.4, -0.2) is 11.0 Å². The molecule has 4 atom stereocenters. The summed E-state index contributed by atoms with van der Waals surface area (Å²) in [5, 5.41) is 10.5. The summed E-state index contributed by atoms with van der Waals surface area (Å²) in [6.45, 7) is 2.15. The molecule has 0 aromatic carbocycles. The third-order valence-corrected chi connectivity index (χ3v) is 3.38. The van der Waals surface area contributed by atoms with Crippen molar-refractivity contribution in [1.29, 1.82) is 0 Å². The van der Waals surface area contributed by atoms with Gasteiger partial charge in [-0.15, -0.1) is 0 Å². The van der Waals surface area contributed by atoms with Crippen molar-refractivity contribution in [2.24, 2.45) is 17.8 Å². The van der Waals surface area contributed by atoms with Gasteiger partial charge in [0.1, 0.15) is 0 Å². The largest absolute Gasteiger partial charge is 0.264 e. The van der Waals surface area contributed by atoms with Crippen molar-refractivity contribution < 1.29 is 4.92 Å². The molecular weight excluding hydrogens is 142 g/mol. The number of nitrogens with zero attached hydrogens (tertiary/aromatic N) is 1. The fraction of sp³-hybridized carbons (Fsp3) is 1.00. The minimum absolute atomic E-state index is 0.0691. The van der Waals surface area contributed by atoms with Crippen molar-refractivity contribution in [3.8, 4) is 0 Å². The maximum absolute atomic E-state index is 10.5. The summed E-state index contributed by atoms with van der Waals surface area (Å²) in [7, 11) is 0. The van der Waals surface area contributed by atoms with E-state index in [0.29, 0.717) is 17.8 Å². The van der Waals surface area contributed by atoms with Crippen molar-refractivity contribution in [3.63, 3.8) is 0 Å². The molecule has 2 aliphatic carbocycles. The molecule has 11 heavy (non-hydrogen) atoms. The van der Waals surface area contributed by atoms with E-state index in [1.807, 2.05) is 0 Å². The third-order valence-electron chi connectivity index (χ3n) is 3.38. The molecule has 0 aromatic heterocycles. The molecule has 0 amide bonds. The minimum atomic E-state index is -0.205. The van der Waals surface area contributed by atoms with E-state index in [2.05, 4.69) is 6.92 Å². The summed E-state index contributed by atoms with van der Waals surface area (Å²) >= 11 is 0. The third kappa shape index (κ3) is 0.940. The molecule has 0 N–H and O–H groups in total. The maximum Gasteiger partial charge on any atom is 0.216 e. The van der Waals surface area contributed by atoms with Crippen LogP contribution in [0.15, 0.2) is 0 Å². The van der Waals surface area contributed by atoms with Gasteiger partial charge >= 0.3 is 0 Å². The SMILES string of the molecule is CC1CC2CC1C([N+](=O)[O-])C2.